The van der Waals surface area contributed by atoms with Crippen LogP contribution in [0.4, 0.5) is 0 Å². The van der Waals surface area contributed by atoms with E-state index in [4.69, 9.17) is 10.8 Å². The van der Waals surface area contributed by atoms with Crippen LogP contribution in [0.15, 0.2) is 0 Å². The van der Waals surface area contributed by atoms with Gasteiger partial charge in [0.05, 0.1) is 0 Å². The van der Waals surface area contributed by atoms with E-state index in [0.717, 1.165) is 0 Å². The molecule has 0 aliphatic rings. The Morgan fingerprint density at radius 1 is 1.60 bits per heavy atom. The van der Waals surface area contributed by atoms with Gasteiger partial charge in [0.25, 0.3) is 0 Å². The molecule has 5 heteroatoms. The van der Waals surface area contributed by atoms with Crippen LogP contribution in [0.3, 0.4) is 0 Å². The monoisotopic (exact) mass is 155 g/mol. The molecular weight excluding hydrogens is 145 g/mol. The molecule has 0 spiro atoms. The van der Waals surface area contributed by atoms with Gasteiger partial charge in [-0.05, 0) is 6.92 Å². The first kappa shape index (κ1) is 12.7. The van der Waals surface area contributed by atoms with E-state index < -0.39 is 12.0 Å². The molecule has 0 amide bonds. The first-order chi connectivity index (χ1) is 4.04. The Balaban J connectivity index is 0. The molecule has 3 N–H and O–H groups in total. The van der Waals surface area contributed by atoms with Crippen LogP contribution >= 0.6 is 0 Å². The molecule has 0 aromatic heterocycles. The summed E-state index contributed by atoms with van der Waals surface area (Å²) in [5.41, 5.74) is 5.00. The summed E-state index contributed by atoms with van der Waals surface area (Å²) in [5, 5.41) is 8.15. The SMILES string of the molecule is CC(=O)CC(N)C(=O)O.[NaH]. The molecule has 0 radical (unpaired) electrons. The van der Waals surface area contributed by atoms with E-state index in [-0.39, 0.29) is 41.8 Å². The second-order valence-electron chi connectivity index (χ2n) is 1.85. The molecule has 0 aromatic carbocycles. The van der Waals surface area contributed by atoms with Gasteiger partial charge in [-0.2, -0.15) is 0 Å². The van der Waals surface area contributed by atoms with Crippen LogP contribution in [0, 0.1) is 0 Å². The summed E-state index contributed by atoms with van der Waals surface area (Å²) < 4.78 is 0. The summed E-state index contributed by atoms with van der Waals surface area (Å²) in [6.45, 7) is 1.31. The van der Waals surface area contributed by atoms with Crippen LogP contribution in [0.25, 0.3) is 0 Å². The maximum absolute atomic E-state index is 10.2. The number of ketones is 1. The number of carboxylic acids is 1. The Labute approximate surface area is 81.1 Å². The van der Waals surface area contributed by atoms with Crippen molar-refractivity contribution >= 4 is 41.3 Å². The Hall–Kier alpha value is 0.100. The van der Waals surface area contributed by atoms with Gasteiger partial charge >= 0.3 is 35.5 Å². The third-order valence-corrected chi connectivity index (χ3v) is 0.825. The molecule has 0 saturated heterocycles. The third-order valence-electron chi connectivity index (χ3n) is 0.825. The first-order valence-electron chi connectivity index (χ1n) is 2.52. The standard InChI is InChI=1S/C5H9NO3.Na.H/c1-3(7)2-4(6)5(8)9;;/h4H,2,6H2,1H3,(H,8,9);;. The minimum atomic E-state index is -1.13. The zero-order chi connectivity index (χ0) is 7.44. The van der Waals surface area contributed by atoms with E-state index >= 15 is 0 Å². The number of hydrogen-bond donors (Lipinski definition) is 2. The number of carbonyl (C=O) groups excluding carboxylic acids is 1. The minimum absolute atomic E-state index is 0. The number of Topliss-reactive ketones (excluding diaryl/α,β-unsaturated/α-hetero) is 1. The Morgan fingerprint density at radius 3 is 2.10 bits per heavy atom. The van der Waals surface area contributed by atoms with Crippen molar-refractivity contribution in [2.75, 3.05) is 0 Å². The second-order valence-corrected chi connectivity index (χ2v) is 1.85. The predicted octanol–water partition coefficient (Wildman–Crippen LogP) is -1.27. The van der Waals surface area contributed by atoms with Gasteiger partial charge in [0.1, 0.15) is 11.8 Å². The zero-order valence-electron chi connectivity index (χ0n) is 5.13. The van der Waals surface area contributed by atoms with E-state index in [1.54, 1.807) is 0 Å². The molecule has 0 saturated carbocycles. The summed E-state index contributed by atoms with van der Waals surface area (Å²) in [6.07, 6.45) is -0.0880. The second kappa shape index (κ2) is 5.85. The molecule has 0 bridgehead atoms. The van der Waals surface area contributed by atoms with Crippen molar-refractivity contribution in [3.8, 4) is 0 Å². The fourth-order valence-electron chi connectivity index (χ4n) is 0.397. The first-order valence-corrected chi connectivity index (χ1v) is 2.52. The van der Waals surface area contributed by atoms with Gasteiger partial charge in [-0.1, -0.05) is 0 Å². The van der Waals surface area contributed by atoms with Gasteiger partial charge in [-0.25, -0.2) is 0 Å². The summed E-state index contributed by atoms with van der Waals surface area (Å²) in [4.78, 5) is 20.2. The number of rotatable bonds is 3. The van der Waals surface area contributed by atoms with Crippen molar-refractivity contribution in [3.05, 3.63) is 0 Å². The van der Waals surface area contributed by atoms with E-state index in [1.165, 1.54) is 6.92 Å². The van der Waals surface area contributed by atoms with E-state index in [1.807, 2.05) is 0 Å². The summed E-state index contributed by atoms with van der Waals surface area (Å²) in [7, 11) is 0. The van der Waals surface area contributed by atoms with Crippen molar-refractivity contribution < 1.29 is 14.7 Å². The molecule has 10 heavy (non-hydrogen) atoms. The van der Waals surface area contributed by atoms with Crippen LogP contribution in [0.1, 0.15) is 13.3 Å². The molecule has 0 heterocycles. The van der Waals surface area contributed by atoms with E-state index in [0.29, 0.717) is 0 Å². The Kier molecular flexibility index (Phi) is 7.46. The molecular formula is C5H10NNaO3. The topological polar surface area (TPSA) is 80.4 Å². The van der Waals surface area contributed by atoms with Crippen LogP contribution in [0.2, 0.25) is 0 Å². The van der Waals surface area contributed by atoms with Crippen molar-refractivity contribution in [1.29, 1.82) is 0 Å². The zero-order valence-corrected chi connectivity index (χ0v) is 5.13. The summed E-state index contributed by atoms with van der Waals surface area (Å²) in [5.74, 6) is -1.34. The summed E-state index contributed by atoms with van der Waals surface area (Å²) in [6, 6.07) is -1.04. The van der Waals surface area contributed by atoms with Crippen molar-refractivity contribution in [2.45, 2.75) is 19.4 Å². The van der Waals surface area contributed by atoms with Gasteiger partial charge in [-0.15, -0.1) is 0 Å². The number of carboxylic acid groups (broad SMARTS) is 1. The summed E-state index contributed by atoms with van der Waals surface area (Å²) >= 11 is 0. The Bertz CT molecular complexity index is 137. The molecule has 1 atom stereocenters. The molecule has 0 aliphatic carbocycles. The molecule has 0 aromatic rings. The molecule has 0 fully saturated rings. The fraction of sp³-hybridized carbons (Fsp3) is 0.600. The average Bonchev–Trinajstić information content (AvgIpc) is 1.63. The van der Waals surface area contributed by atoms with Crippen molar-refractivity contribution in [1.82, 2.24) is 0 Å². The maximum atomic E-state index is 10.2. The van der Waals surface area contributed by atoms with Gasteiger partial charge < -0.3 is 10.8 Å². The van der Waals surface area contributed by atoms with Crippen LogP contribution in [-0.2, 0) is 9.59 Å². The van der Waals surface area contributed by atoms with E-state index in [2.05, 4.69) is 0 Å². The molecule has 4 nitrogen and oxygen atoms in total. The Morgan fingerprint density at radius 2 is 2.00 bits per heavy atom. The predicted molar refractivity (Wildman–Crippen MR) is 38.1 cm³/mol. The quantitative estimate of drug-likeness (QED) is 0.498. The fourth-order valence-corrected chi connectivity index (χ4v) is 0.397. The van der Waals surface area contributed by atoms with Crippen molar-refractivity contribution in [2.24, 2.45) is 5.73 Å². The molecule has 0 rings (SSSR count). The molecule has 0 aliphatic heterocycles. The number of carbonyl (C=O) groups is 2. The average molecular weight is 155 g/mol. The third kappa shape index (κ3) is 6.22. The van der Waals surface area contributed by atoms with Gasteiger partial charge in [0, 0.05) is 6.42 Å². The number of hydrogen-bond acceptors (Lipinski definition) is 3. The van der Waals surface area contributed by atoms with Crippen LogP contribution < -0.4 is 5.73 Å². The molecule has 1 unspecified atom stereocenters. The van der Waals surface area contributed by atoms with E-state index in [9.17, 15) is 9.59 Å². The normalized spacial score (nSPS) is 11.4. The number of aliphatic carboxylic acids is 1. The van der Waals surface area contributed by atoms with Gasteiger partial charge in [0.2, 0.25) is 0 Å². The number of nitrogens with two attached hydrogens (primary N) is 1. The van der Waals surface area contributed by atoms with Crippen molar-refractivity contribution in [3.63, 3.8) is 0 Å². The molecule has 54 valence electrons. The van der Waals surface area contributed by atoms with Gasteiger partial charge in [0.15, 0.2) is 0 Å². The van der Waals surface area contributed by atoms with Crippen LogP contribution in [0.5, 0.6) is 0 Å². The van der Waals surface area contributed by atoms with Gasteiger partial charge in [-0.3, -0.25) is 9.59 Å². The van der Waals surface area contributed by atoms with Crippen LogP contribution in [-0.4, -0.2) is 52.5 Å².